The van der Waals surface area contributed by atoms with Gasteiger partial charge in [-0.25, -0.2) is 4.79 Å². The highest BCUT2D eigenvalue weighted by Crippen LogP contribution is 2.34. The zero-order valence-corrected chi connectivity index (χ0v) is 19.8. The number of ether oxygens (including phenoxy) is 2. The quantitative estimate of drug-likeness (QED) is 0.509. The van der Waals surface area contributed by atoms with Crippen LogP contribution in [0.2, 0.25) is 10.0 Å². The molecule has 2 N–H and O–H groups in total. The van der Waals surface area contributed by atoms with E-state index in [4.69, 9.17) is 37.8 Å². The van der Waals surface area contributed by atoms with Gasteiger partial charge < -0.3 is 24.8 Å². The van der Waals surface area contributed by atoms with Crippen molar-refractivity contribution in [2.75, 3.05) is 51.3 Å². The summed E-state index contributed by atoms with van der Waals surface area (Å²) in [5, 5.41) is 11.6. The molecule has 0 saturated carbocycles. The molecule has 0 atom stereocenters. The van der Waals surface area contributed by atoms with Crippen molar-refractivity contribution in [3.05, 3.63) is 52.0 Å². The molecular formula is C22H22Cl2F3N3O5. The smallest absolute Gasteiger partial charge is 0.416 e. The second-order valence-corrected chi connectivity index (χ2v) is 8.40. The number of hydrogen-bond donors (Lipinski definition) is 2. The molecule has 0 aliphatic carbocycles. The molecule has 1 saturated heterocycles. The van der Waals surface area contributed by atoms with Gasteiger partial charge in [-0.3, -0.25) is 9.69 Å². The minimum Gasteiger partial charge on any atom is -0.491 e. The topological polar surface area (TPSA) is 91.3 Å². The summed E-state index contributed by atoms with van der Waals surface area (Å²) in [6, 6.07) is 7.25. The van der Waals surface area contributed by atoms with E-state index in [-0.39, 0.29) is 15.8 Å². The summed E-state index contributed by atoms with van der Waals surface area (Å²) in [5.41, 5.74) is -0.545. The molecule has 0 aromatic heterocycles. The van der Waals surface area contributed by atoms with E-state index in [1.165, 1.54) is 11.0 Å². The van der Waals surface area contributed by atoms with Crippen LogP contribution in [0.5, 0.6) is 11.5 Å². The Kier molecular flexibility index (Phi) is 8.92. The maximum atomic E-state index is 12.7. The van der Waals surface area contributed by atoms with Gasteiger partial charge in [0.2, 0.25) is 0 Å². The van der Waals surface area contributed by atoms with E-state index in [1.54, 1.807) is 12.1 Å². The van der Waals surface area contributed by atoms with Crippen molar-refractivity contribution in [3.8, 4) is 11.5 Å². The molecule has 1 aliphatic heterocycles. The molecule has 1 aliphatic rings. The number of nitrogens with zero attached hydrogens (tertiary/aromatic N) is 2. The summed E-state index contributed by atoms with van der Waals surface area (Å²) in [4.78, 5) is 26.5. The lowest BCUT2D eigenvalue weighted by Gasteiger charge is -2.32. The average Bonchev–Trinajstić information content (AvgIpc) is 2.79. The maximum Gasteiger partial charge on any atom is 0.416 e. The second kappa shape index (κ2) is 11.7. The molecule has 1 heterocycles. The first-order valence-electron chi connectivity index (χ1n) is 10.4. The van der Waals surface area contributed by atoms with Crippen LogP contribution in [-0.4, -0.2) is 72.8 Å². The Balaban J connectivity index is 1.44. The minimum atomic E-state index is -4.54. The van der Waals surface area contributed by atoms with Crippen molar-refractivity contribution in [3.63, 3.8) is 0 Å². The van der Waals surface area contributed by atoms with Crippen LogP contribution in [0.15, 0.2) is 36.4 Å². The highest BCUT2D eigenvalue weighted by molar-refractivity contribution is 6.32. The summed E-state index contributed by atoms with van der Waals surface area (Å²) in [6.45, 7) is 2.60. The number of hydrogen-bond acceptors (Lipinski definition) is 5. The van der Waals surface area contributed by atoms with Crippen molar-refractivity contribution in [1.82, 2.24) is 9.80 Å². The van der Waals surface area contributed by atoms with Crippen LogP contribution in [0.4, 0.5) is 23.7 Å². The van der Waals surface area contributed by atoms with E-state index in [0.717, 1.165) is 18.2 Å². The first kappa shape index (κ1) is 26.7. The molecule has 35 heavy (non-hydrogen) atoms. The third kappa shape index (κ3) is 7.81. The van der Waals surface area contributed by atoms with Crippen molar-refractivity contribution in [2.45, 2.75) is 6.18 Å². The zero-order chi connectivity index (χ0) is 25.6. The van der Waals surface area contributed by atoms with Crippen LogP contribution < -0.4 is 14.8 Å². The lowest BCUT2D eigenvalue weighted by molar-refractivity contribution is -0.137. The van der Waals surface area contributed by atoms with Crippen molar-refractivity contribution in [1.29, 1.82) is 0 Å². The van der Waals surface area contributed by atoms with E-state index < -0.39 is 30.3 Å². The van der Waals surface area contributed by atoms with Gasteiger partial charge in [0.25, 0.3) is 5.91 Å². The van der Waals surface area contributed by atoms with Crippen LogP contribution in [0, 0.1) is 0 Å². The van der Waals surface area contributed by atoms with Gasteiger partial charge in [-0.1, -0.05) is 23.2 Å². The van der Waals surface area contributed by atoms with Crippen LogP contribution in [-0.2, 0) is 11.0 Å². The van der Waals surface area contributed by atoms with Crippen molar-refractivity contribution in [2.24, 2.45) is 0 Å². The number of halogens is 5. The van der Waals surface area contributed by atoms with E-state index in [9.17, 15) is 22.8 Å². The monoisotopic (exact) mass is 535 g/mol. The summed E-state index contributed by atoms with van der Waals surface area (Å²) in [6.07, 6.45) is -5.46. The number of rotatable bonds is 8. The molecule has 0 spiro atoms. The van der Waals surface area contributed by atoms with E-state index in [1.807, 2.05) is 0 Å². The van der Waals surface area contributed by atoms with Crippen LogP contribution in [0.3, 0.4) is 0 Å². The molecule has 0 unspecified atom stereocenters. The fraction of sp³-hybridized carbons (Fsp3) is 0.364. The first-order valence-corrected chi connectivity index (χ1v) is 11.2. The van der Waals surface area contributed by atoms with Crippen LogP contribution >= 0.6 is 23.2 Å². The van der Waals surface area contributed by atoms with Crippen LogP contribution in [0.25, 0.3) is 0 Å². The highest BCUT2D eigenvalue weighted by atomic mass is 35.5. The van der Waals surface area contributed by atoms with Crippen molar-refractivity contribution >= 4 is 40.9 Å². The van der Waals surface area contributed by atoms with Gasteiger partial charge in [0.15, 0.2) is 6.61 Å². The molecular weight excluding hydrogens is 514 g/mol. The normalized spacial score (nSPS) is 14.5. The zero-order valence-electron chi connectivity index (χ0n) is 18.3. The number of amides is 2. The predicted molar refractivity (Wildman–Crippen MR) is 124 cm³/mol. The van der Waals surface area contributed by atoms with Gasteiger partial charge in [0.1, 0.15) is 18.1 Å². The Morgan fingerprint density at radius 3 is 2.20 bits per heavy atom. The Morgan fingerprint density at radius 2 is 1.60 bits per heavy atom. The van der Waals surface area contributed by atoms with Gasteiger partial charge in [-0.15, -0.1) is 0 Å². The molecule has 2 amide bonds. The Morgan fingerprint density at radius 1 is 0.971 bits per heavy atom. The lowest BCUT2D eigenvalue weighted by Crippen LogP contribution is -2.49. The number of piperazine rings is 1. The third-order valence-electron chi connectivity index (χ3n) is 5.14. The summed E-state index contributed by atoms with van der Waals surface area (Å²) >= 11 is 12.0. The van der Waals surface area contributed by atoms with Gasteiger partial charge >= 0.3 is 12.3 Å². The Labute approximate surface area is 209 Å². The van der Waals surface area contributed by atoms with E-state index >= 15 is 0 Å². The predicted octanol–water partition coefficient (Wildman–Crippen LogP) is 4.70. The number of nitrogens with one attached hydrogen (secondary N) is 1. The fourth-order valence-electron chi connectivity index (χ4n) is 3.28. The molecule has 3 rings (SSSR count). The molecule has 0 bridgehead atoms. The number of carbonyl (C=O) groups excluding carboxylic acids is 1. The van der Waals surface area contributed by atoms with Gasteiger partial charge in [-0.2, -0.15) is 13.2 Å². The molecule has 2 aromatic carbocycles. The minimum absolute atomic E-state index is 0.0547. The SMILES string of the molecule is O=C(COc1ccc(C(F)(F)F)cc1Cl)Nc1ccc(OCCN2CCN(C(=O)O)CC2)c(Cl)c1. The van der Waals surface area contributed by atoms with Gasteiger partial charge in [-0.05, 0) is 36.4 Å². The maximum absolute atomic E-state index is 12.7. The highest BCUT2D eigenvalue weighted by Gasteiger charge is 2.31. The number of benzene rings is 2. The number of carboxylic acid groups (broad SMARTS) is 1. The van der Waals surface area contributed by atoms with Gasteiger partial charge in [0, 0.05) is 38.4 Å². The molecule has 2 aromatic rings. The molecule has 1 fully saturated rings. The molecule has 13 heteroatoms. The lowest BCUT2D eigenvalue weighted by atomic mass is 10.2. The van der Waals surface area contributed by atoms with Gasteiger partial charge in [0.05, 0.1) is 15.6 Å². The van der Waals surface area contributed by atoms with Crippen molar-refractivity contribution < 1.29 is 37.3 Å². The first-order chi connectivity index (χ1) is 16.5. The average molecular weight is 536 g/mol. The van der Waals surface area contributed by atoms with E-state index in [0.29, 0.717) is 50.8 Å². The number of alkyl halides is 3. The molecule has 8 nitrogen and oxygen atoms in total. The molecule has 190 valence electrons. The number of anilines is 1. The van der Waals surface area contributed by atoms with E-state index in [2.05, 4.69) is 10.2 Å². The summed E-state index contributed by atoms with van der Waals surface area (Å²) < 4.78 is 49.0. The standard InChI is InChI=1S/C22H22Cl2F3N3O5/c23-16-11-14(22(25,26)27)1-3-19(16)35-13-20(31)28-15-2-4-18(17(24)12-15)34-10-9-29-5-7-30(8-6-29)21(32)33/h1-4,11-12H,5-10,13H2,(H,28,31)(H,32,33). The molecule has 0 radical (unpaired) electrons. The summed E-state index contributed by atoms with van der Waals surface area (Å²) in [5.74, 6) is -0.200. The second-order valence-electron chi connectivity index (χ2n) is 7.58. The number of carbonyl (C=O) groups is 2. The Bertz CT molecular complexity index is 1060. The fourth-order valence-corrected chi connectivity index (χ4v) is 3.75. The van der Waals surface area contributed by atoms with Crippen LogP contribution in [0.1, 0.15) is 5.56 Å². The third-order valence-corrected chi connectivity index (χ3v) is 5.73. The summed E-state index contributed by atoms with van der Waals surface area (Å²) in [7, 11) is 0. The Hall–Kier alpha value is -2.89. The largest absolute Gasteiger partial charge is 0.491 e.